The van der Waals surface area contributed by atoms with E-state index in [1.807, 2.05) is 0 Å². The molecule has 100 valence electrons. The topological polar surface area (TPSA) is 47.6 Å². The molecule has 1 saturated heterocycles. The Kier molecular flexibility index (Phi) is 6.52. The van der Waals surface area contributed by atoms with Gasteiger partial charge in [-0.3, -0.25) is 4.79 Å². The molecule has 0 saturated carbocycles. The summed E-state index contributed by atoms with van der Waals surface area (Å²) >= 11 is 0. The van der Waals surface area contributed by atoms with Crippen LogP contribution in [-0.4, -0.2) is 39.4 Å². The summed E-state index contributed by atoms with van der Waals surface area (Å²) in [5.41, 5.74) is -0.278. The molecule has 0 radical (unpaired) electrons. The SMILES string of the molecule is CCCC1(C(=O)OCCCOC)CCCNC1. The summed E-state index contributed by atoms with van der Waals surface area (Å²) in [6, 6.07) is 0. The van der Waals surface area contributed by atoms with E-state index in [2.05, 4.69) is 12.2 Å². The first-order valence-corrected chi connectivity index (χ1v) is 6.62. The summed E-state index contributed by atoms with van der Waals surface area (Å²) in [6.07, 6.45) is 4.74. The first kappa shape index (κ1) is 14.5. The van der Waals surface area contributed by atoms with Crippen molar-refractivity contribution in [2.24, 2.45) is 5.41 Å². The second-order valence-electron chi connectivity index (χ2n) is 4.79. The Labute approximate surface area is 104 Å². The molecule has 1 fully saturated rings. The van der Waals surface area contributed by atoms with Crippen LogP contribution in [-0.2, 0) is 14.3 Å². The third-order valence-corrected chi connectivity index (χ3v) is 3.36. The number of nitrogens with one attached hydrogen (secondary N) is 1. The van der Waals surface area contributed by atoms with Crippen LogP contribution in [0.25, 0.3) is 0 Å². The van der Waals surface area contributed by atoms with E-state index in [9.17, 15) is 4.79 Å². The summed E-state index contributed by atoms with van der Waals surface area (Å²) in [4.78, 5) is 12.2. The van der Waals surface area contributed by atoms with Gasteiger partial charge in [-0.15, -0.1) is 0 Å². The van der Waals surface area contributed by atoms with Crippen LogP contribution in [0.1, 0.15) is 39.0 Å². The van der Waals surface area contributed by atoms with Gasteiger partial charge in [0.25, 0.3) is 0 Å². The lowest BCUT2D eigenvalue weighted by molar-refractivity contribution is -0.158. The minimum absolute atomic E-state index is 0.0253. The van der Waals surface area contributed by atoms with E-state index in [-0.39, 0.29) is 11.4 Å². The predicted molar refractivity (Wildman–Crippen MR) is 66.9 cm³/mol. The Morgan fingerprint density at radius 2 is 2.24 bits per heavy atom. The molecule has 0 spiro atoms. The number of esters is 1. The monoisotopic (exact) mass is 243 g/mol. The van der Waals surface area contributed by atoms with E-state index in [1.165, 1.54) is 0 Å². The maximum atomic E-state index is 12.2. The van der Waals surface area contributed by atoms with Crippen molar-refractivity contribution in [2.45, 2.75) is 39.0 Å². The van der Waals surface area contributed by atoms with Gasteiger partial charge >= 0.3 is 5.97 Å². The highest BCUT2D eigenvalue weighted by atomic mass is 16.5. The summed E-state index contributed by atoms with van der Waals surface area (Å²) < 4.78 is 10.3. The first-order valence-electron chi connectivity index (χ1n) is 6.62. The van der Waals surface area contributed by atoms with Crippen LogP contribution < -0.4 is 5.32 Å². The van der Waals surface area contributed by atoms with Crippen LogP contribution in [0, 0.1) is 5.41 Å². The van der Waals surface area contributed by atoms with E-state index in [1.54, 1.807) is 7.11 Å². The molecule has 0 aromatic carbocycles. The second kappa shape index (κ2) is 7.67. The molecular formula is C13H25NO3. The van der Waals surface area contributed by atoms with Crippen LogP contribution in [0.2, 0.25) is 0 Å². The smallest absolute Gasteiger partial charge is 0.313 e. The van der Waals surface area contributed by atoms with E-state index < -0.39 is 0 Å². The summed E-state index contributed by atoms with van der Waals surface area (Å²) in [5, 5.41) is 3.32. The van der Waals surface area contributed by atoms with Gasteiger partial charge < -0.3 is 14.8 Å². The highest BCUT2D eigenvalue weighted by Crippen LogP contribution is 2.33. The van der Waals surface area contributed by atoms with Crippen LogP contribution in [0.15, 0.2) is 0 Å². The lowest BCUT2D eigenvalue weighted by atomic mass is 9.77. The Hall–Kier alpha value is -0.610. The molecule has 1 atom stereocenters. The van der Waals surface area contributed by atoms with Crippen molar-refractivity contribution >= 4 is 5.97 Å². The normalized spacial score (nSPS) is 24.6. The molecule has 1 rings (SSSR count). The number of carbonyl (C=O) groups is 1. The fourth-order valence-corrected chi connectivity index (χ4v) is 2.46. The van der Waals surface area contributed by atoms with Gasteiger partial charge in [-0.25, -0.2) is 0 Å². The molecule has 1 aliphatic rings. The Balaban J connectivity index is 2.42. The largest absolute Gasteiger partial charge is 0.465 e. The molecule has 0 aromatic rings. The first-order chi connectivity index (χ1) is 8.25. The highest BCUT2D eigenvalue weighted by molar-refractivity contribution is 5.77. The fourth-order valence-electron chi connectivity index (χ4n) is 2.46. The Bertz CT molecular complexity index is 219. The molecular weight excluding hydrogens is 218 g/mol. The standard InChI is InChI=1S/C13H25NO3/c1-3-6-13(7-4-8-14-11-13)12(15)17-10-5-9-16-2/h14H,3-11H2,1-2H3. The molecule has 1 unspecified atom stereocenters. The number of ether oxygens (including phenoxy) is 2. The quantitative estimate of drug-likeness (QED) is 0.546. The van der Waals surface area contributed by atoms with Crippen molar-refractivity contribution in [1.29, 1.82) is 0 Å². The second-order valence-corrected chi connectivity index (χ2v) is 4.79. The molecule has 0 aliphatic carbocycles. The van der Waals surface area contributed by atoms with Gasteiger partial charge in [-0.2, -0.15) is 0 Å². The maximum absolute atomic E-state index is 12.2. The van der Waals surface area contributed by atoms with E-state index >= 15 is 0 Å². The zero-order chi connectivity index (χ0) is 12.6. The zero-order valence-electron chi connectivity index (χ0n) is 11.1. The minimum atomic E-state index is -0.278. The molecule has 1 N–H and O–H groups in total. The van der Waals surface area contributed by atoms with Crippen LogP contribution in [0.4, 0.5) is 0 Å². The molecule has 1 heterocycles. The van der Waals surface area contributed by atoms with Crippen molar-refractivity contribution in [3.05, 3.63) is 0 Å². The van der Waals surface area contributed by atoms with E-state index in [0.717, 1.165) is 45.2 Å². The highest BCUT2D eigenvalue weighted by Gasteiger charge is 2.39. The molecule has 0 bridgehead atoms. The number of hydrogen-bond donors (Lipinski definition) is 1. The van der Waals surface area contributed by atoms with Crippen molar-refractivity contribution in [3.63, 3.8) is 0 Å². The van der Waals surface area contributed by atoms with Crippen molar-refractivity contribution in [1.82, 2.24) is 5.32 Å². The lowest BCUT2D eigenvalue weighted by Crippen LogP contribution is -2.46. The van der Waals surface area contributed by atoms with Gasteiger partial charge in [0.15, 0.2) is 0 Å². The van der Waals surface area contributed by atoms with E-state index in [0.29, 0.717) is 13.2 Å². The number of piperidine rings is 1. The Morgan fingerprint density at radius 3 is 2.82 bits per heavy atom. The minimum Gasteiger partial charge on any atom is -0.465 e. The van der Waals surface area contributed by atoms with Crippen LogP contribution >= 0.6 is 0 Å². The average molecular weight is 243 g/mol. The van der Waals surface area contributed by atoms with Gasteiger partial charge in [-0.1, -0.05) is 13.3 Å². The van der Waals surface area contributed by atoms with Crippen molar-refractivity contribution in [2.75, 3.05) is 33.4 Å². The summed E-state index contributed by atoms with van der Waals surface area (Å²) in [5.74, 6) is -0.0253. The maximum Gasteiger partial charge on any atom is 0.313 e. The molecule has 0 aromatic heterocycles. The molecule has 4 heteroatoms. The van der Waals surface area contributed by atoms with Crippen LogP contribution in [0.3, 0.4) is 0 Å². The summed E-state index contributed by atoms with van der Waals surface area (Å²) in [7, 11) is 1.66. The van der Waals surface area contributed by atoms with Crippen molar-refractivity contribution < 1.29 is 14.3 Å². The summed E-state index contributed by atoms with van der Waals surface area (Å²) in [6.45, 7) is 5.02. The van der Waals surface area contributed by atoms with Gasteiger partial charge in [0.05, 0.1) is 12.0 Å². The number of hydrogen-bond acceptors (Lipinski definition) is 4. The number of carbonyl (C=O) groups excluding carboxylic acids is 1. The van der Waals surface area contributed by atoms with Gasteiger partial charge in [-0.05, 0) is 25.8 Å². The third-order valence-electron chi connectivity index (χ3n) is 3.36. The molecule has 17 heavy (non-hydrogen) atoms. The number of methoxy groups -OCH3 is 1. The zero-order valence-corrected chi connectivity index (χ0v) is 11.1. The van der Waals surface area contributed by atoms with Crippen LogP contribution in [0.5, 0.6) is 0 Å². The molecule has 1 aliphatic heterocycles. The van der Waals surface area contributed by atoms with Gasteiger partial charge in [0.2, 0.25) is 0 Å². The van der Waals surface area contributed by atoms with Crippen molar-refractivity contribution in [3.8, 4) is 0 Å². The Morgan fingerprint density at radius 1 is 1.41 bits per heavy atom. The van der Waals surface area contributed by atoms with E-state index in [4.69, 9.17) is 9.47 Å². The molecule has 4 nitrogen and oxygen atoms in total. The molecule has 0 amide bonds. The van der Waals surface area contributed by atoms with Gasteiger partial charge in [0, 0.05) is 26.7 Å². The third kappa shape index (κ3) is 4.28. The lowest BCUT2D eigenvalue weighted by Gasteiger charge is -2.35. The fraction of sp³-hybridized carbons (Fsp3) is 0.923. The average Bonchev–Trinajstić information content (AvgIpc) is 2.36. The van der Waals surface area contributed by atoms with Gasteiger partial charge in [0.1, 0.15) is 0 Å². The number of rotatable bonds is 7. The predicted octanol–water partition coefficient (Wildman–Crippen LogP) is 1.74.